The quantitative estimate of drug-likeness (QED) is 0.926. The van der Waals surface area contributed by atoms with E-state index in [0.29, 0.717) is 18.7 Å². The Morgan fingerprint density at radius 1 is 1.32 bits per heavy atom. The van der Waals surface area contributed by atoms with E-state index in [1.807, 2.05) is 39.0 Å². The second kappa shape index (κ2) is 6.78. The zero-order valence-corrected chi connectivity index (χ0v) is 15.0. The summed E-state index contributed by atoms with van der Waals surface area (Å²) in [7, 11) is 0. The Morgan fingerprint density at radius 2 is 2.08 bits per heavy atom. The van der Waals surface area contributed by atoms with Crippen molar-refractivity contribution in [3.05, 3.63) is 47.2 Å². The van der Waals surface area contributed by atoms with Gasteiger partial charge in [-0.05, 0) is 51.8 Å². The molecule has 0 bridgehead atoms. The number of primary amides is 1. The largest absolute Gasteiger partial charge is 0.467 e. The van der Waals surface area contributed by atoms with Crippen LogP contribution in [0.5, 0.6) is 0 Å². The average molecular weight is 343 g/mol. The minimum atomic E-state index is -0.326. The third kappa shape index (κ3) is 3.34. The van der Waals surface area contributed by atoms with Crippen molar-refractivity contribution < 1.29 is 14.0 Å². The summed E-state index contributed by atoms with van der Waals surface area (Å²) in [5.41, 5.74) is 8.05. The molecule has 2 unspecified atom stereocenters. The van der Waals surface area contributed by atoms with Crippen molar-refractivity contribution in [1.82, 2.24) is 9.47 Å². The van der Waals surface area contributed by atoms with Gasteiger partial charge in [-0.2, -0.15) is 0 Å². The molecule has 0 saturated carbocycles. The SMILES string of the molecule is Cc1cc(C(=O)N2CC(C(N)=O)CCC2C)c(C)n1Cc1ccco1. The number of hydrogen-bond acceptors (Lipinski definition) is 3. The highest BCUT2D eigenvalue weighted by Gasteiger charge is 2.33. The van der Waals surface area contributed by atoms with Crippen molar-refractivity contribution >= 4 is 11.8 Å². The van der Waals surface area contributed by atoms with E-state index in [2.05, 4.69) is 4.57 Å². The molecule has 3 heterocycles. The van der Waals surface area contributed by atoms with Gasteiger partial charge >= 0.3 is 0 Å². The number of rotatable bonds is 4. The molecule has 0 radical (unpaired) electrons. The Balaban J connectivity index is 1.85. The van der Waals surface area contributed by atoms with Gasteiger partial charge in [0.1, 0.15) is 5.76 Å². The zero-order chi connectivity index (χ0) is 18.1. The van der Waals surface area contributed by atoms with Crippen LogP contribution in [0.2, 0.25) is 0 Å². The molecule has 134 valence electrons. The Hall–Kier alpha value is -2.50. The predicted molar refractivity (Wildman–Crippen MR) is 94.1 cm³/mol. The Labute approximate surface area is 147 Å². The second-order valence-corrected chi connectivity index (χ2v) is 6.93. The van der Waals surface area contributed by atoms with Crippen LogP contribution in [0, 0.1) is 19.8 Å². The summed E-state index contributed by atoms with van der Waals surface area (Å²) in [6.07, 6.45) is 3.19. The highest BCUT2D eigenvalue weighted by Crippen LogP contribution is 2.26. The molecule has 1 aliphatic heterocycles. The van der Waals surface area contributed by atoms with Crippen molar-refractivity contribution in [2.45, 2.75) is 46.2 Å². The lowest BCUT2D eigenvalue weighted by Gasteiger charge is -2.37. The molecule has 2 amide bonds. The van der Waals surface area contributed by atoms with E-state index < -0.39 is 0 Å². The van der Waals surface area contributed by atoms with E-state index >= 15 is 0 Å². The molecule has 2 atom stereocenters. The molecule has 2 aromatic heterocycles. The number of piperidine rings is 1. The maximum Gasteiger partial charge on any atom is 0.255 e. The third-order valence-corrected chi connectivity index (χ3v) is 5.24. The fourth-order valence-corrected chi connectivity index (χ4v) is 3.60. The van der Waals surface area contributed by atoms with Crippen LogP contribution in [0.15, 0.2) is 28.9 Å². The van der Waals surface area contributed by atoms with E-state index in [-0.39, 0.29) is 23.8 Å². The minimum Gasteiger partial charge on any atom is -0.467 e. The Bertz CT molecular complexity index is 776. The summed E-state index contributed by atoms with van der Waals surface area (Å²) in [5, 5.41) is 0. The molecule has 0 aliphatic carbocycles. The maximum absolute atomic E-state index is 13.1. The topological polar surface area (TPSA) is 81.5 Å². The molecule has 6 heteroatoms. The van der Waals surface area contributed by atoms with Crippen molar-refractivity contribution in [2.75, 3.05) is 6.54 Å². The summed E-state index contributed by atoms with van der Waals surface area (Å²) in [6, 6.07) is 5.80. The fourth-order valence-electron chi connectivity index (χ4n) is 3.60. The summed E-state index contributed by atoms with van der Waals surface area (Å²) in [6.45, 7) is 6.95. The van der Waals surface area contributed by atoms with Crippen LogP contribution in [-0.4, -0.2) is 33.9 Å². The number of nitrogens with two attached hydrogens (primary N) is 1. The van der Waals surface area contributed by atoms with Gasteiger partial charge in [-0.3, -0.25) is 9.59 Å². The number of aryl methyl sites for hydroxylation is 1. The molecule has 2 N–H and O–H groups in total. The van der Waals surface area contributed by atoms with Gasteiger partial charge in [-0.15, -0.1) is 0 Å². The first-order valence-corrected chi connectivity index (χ1v) is 8.68. The maximum atomic E-state index is 13.1. The lowest BCUT2D eigenvalue weighted by molar-refractivity contribution is -0.123. The first-order valence-electron chi connectivity index (χ1n) is 8.68. The van der Waals surface area contributed by atoms with E-state index in [4.69, 9.17) is 10.2 Å². The smallest absolute Gasteiger partial charge is 0.255 e. The molecule has 25 heavy (non-hydrogen) atoms. The number of furan rings is 1. The highest BCUT2D eigenvalue weighted by molar-refractivity contribution is 5.96. The van der Waals surface area contributed by atoms with E-state index in [0.717, 1.165) is 30.0 Å². The highest BCUT2D eigenvalue weighted by atomic mass is 16.3. The van der Waals surface area contributed by atoms with Crippen molar-refractivity contribution in [2.24, 2.45) is 11.7 Å². The molecule has 3 rings (SSSR count). The predicted octanol–water partition coefficient (Wildman–Crippen LogP) is 2.47. The molecule has 1 saturated heterocycles. The standard InChI is InChI=1S/C19H25N3O3/c1-12-6-7-15(18(20)23)10-22(12)19(24)17-9-13(2)21(14(17)3)11-16-5-4-8-25-16/h4-5,8-9,12,15H,6-7,10-11H2,1-3H3,(H2,20,23). The molecular formula is C19H25N3O3. The van der Waals surface area contributed by atoms with Gasteiger partial charge in [0.15, 0.2) is 0 Å². The Morgan fingerprint density at radius 3 is 2.72 bits per heavy atom. The lowest BCUT2D eigenvalue weighted by Crippen LogP contribution is -2.48. The van der Waals surface area contributed by atoms with Gasteiger partial charge < -0.3 is 19.6 Å². The number of amides is 2. The van der Waals surface area contributed by atoms with Crippen LogP contribution in [0.25, 0.3) is 0 Å². The number of carbonyl (C=O) groups is 2. The first kappa shape index (κ1) is 17.3. The third-order valence-electron chi connectivity index (χ3n) is 5.24. The van der Waals surface area contributed by atoms with Crippen molar-refractivity contribution in [3.8, 4) is 0 Å². The van der Waals surface area contributed by atoms with Crippen LogP contribution in [0.4, 0.5) is 0 Å². The van der Waals surface area contributed by atoms with Crippen LogP contribution in [0.3, 0.4) is 0 Å². The van der Waals surface area contributed by atoms with Crippen molar-refractivity contribution in [1.29, 1.82) is 0 Å². The minimum absolute atomic E-state index is 0.0303. The zero-order valence-electron chi connectivity index (χ0n) is 15.0. The van der Waals surface area contributed by atoms with Gasteiger partial charge in [0.2, 0.25) is 5.91 Å². The molecule has 0 aromatic carbocycles. The summed E-state index contributed by atoms with van der Waals surface area (Å²) >= 11 is 0. The number of nitrogens with zero attached hydrogens (tertiary/aromatic N) is 2. The van der Waals surface area contributed by atoms with Crippen LogP contribution in [-0.2, 0) is 11.3 Å². The first-order chi connectivity index (χ1) is 11.9. The summed E-state index contributed by atoms with van der Waals surface area (Å²) < 4.78 is 7.50. The molecule has 1 fully saturated rings. The van der Waals surface area contributed by atoms with Crippen molar-refractivity contribution in [3.63, 3.8) is 0 Å². The van der Waals surface area contributed by atoms with Gasteiger partial charge in [-0.25, -0.2) is 0 Å². The number of aromatic nitrogens is 1. The Kier molecular flexibility index (Phi) is 4.70. The molecular weight excluding hydrogens is 318 g/mol. The fraction of sp³-hybridized carbons (Fsp3) is 0.474. The van der Waals surface area contributed by atoms with Crippen LogP contribution < -0.4 is 5.73 Å². The number of hydrogen-bond donors (Lipinski definition) is 1. The average Bonchev–Trinajstić information content (AvgIpc) is 3.18. The van der Waals surface area contributed by atoms with Gasteiger partial charge in [-0.1, -0.05) is 0 Å². The van der Waals surface area contributed by atoms with Crippen LogP contribution in [0.1, 0.15) is 47.3 Å². The van der Waals surface area contributed by atoms with Gasteiger partial charge in [0, 0.05) is 24.0 Å². The lowest BCUT2D eigenvalue weighted by atomic mass is 9.92. The molecule has 6 nitrogen and oxygen atoms in total. The van der Waals surface area contributed by atoms with E-state index in [1.54, 1.807) is 11.2 Å². The molecule has 0 spiro atoms. The normalized spacial score (nSPS) is 20.7. The summed E-state index contributed by atoms with van der Waals surface area (Å²) in [4.78, 5) is 26.4. The number of carbonyl (C=O) groups excluding carboxylic acids is 2. The molecule has 1 aliphatic rings. The van der Waals surface area contributed by atoms with Gasteiger partial charge in [0.25, 0.3) is 5.91 Å². The molecule has 2 aromatic rings. The second-order valence-electron chi connectivity index (χ2n) is 6.93. The van der Waals surface area contributed by atoms with E-state index in [1.165, 1.54) is 0 Å². The monoisotopic (exact) mass is 343 g/mol. The van der Waals surface area contributed by atoms with Gasteiger partial charge in [0.05, 0.1) is 24.3 Å². The van der Waals surface area contributed by atoms with E-state index in [9.17, 15) is 9.59 Å². The van der Waals surface area contributed by atoms with Crippen LogP contribution >= 0.6 is 0 Å². The number of likely N-dealkylation sites (tertiary alicyclic amines) is 1. The summed E-state index contributed by atoms with van der Waals surface area (Å²) in [5.74, 6) is 0.234.